The standard InChI is InChI=1S/C41H50Cl3N3O5/c1-40(2,3)46-37(49)35-20-19-29-8-4-5-10-34(29)47(35)24-33-22-36(30-13-11-26(25-48)12-14-30)52-38(51-33)31-17-15-28(16-18-31)32-9-6-7-27(21-32)23-45-39(50)41(42,43)44/h6-7,9,11-18,21,29,33-36,38,48H,4-5,8,10,19-20,22-25H2,1-3H3,(H,45,50)(H,46,49). The van der Waals surface area contributed by atoms with Gasteiger partial charge in [0.15, 0.2) is 6.29 Å². The molecule has 0 bridgehead atoms. The molecular weight excluding hydrogens is 721 g/mol. The molecule has 2 amide bonds. The second kappa shape index (κ2) is 16.8. The van der Waals surface area contributed by atoms with E-state index in [1.165, 1.54) is 19.3 Å². The number of halogens is 3. The Kier molecular flexibility index (Phi) is 12.6. The lowest BCUT2D eigenvalue weighted by molar-refractivity contribution is -0.255. The summed E-state index contributed by atoms with van der Waals surface area (Å²) in [6.45, 7) is 6.97. The lowest BCUT2D eigenvalue weighted by atomic mass is 9.75. The Balaban J connectivity index is 1.24. The van der Waals surface area contributed by atoms with Gasteiger partial charge in [-0.05, 0) is 86.3 Å². The Hall–Kier alpha value is -2.69. The van der Waals surface area contributed by atoms with Crippen molar-refractivity contribution in [1.82, 2.24) is 15.5 Å². The third-order valence-corrected chi connectivity index (χ3v) is 11.0. The highest BCUT2D eigenvalue weighted by atomic mass is 35.6. The number of nitrogens with zero attached hydrogens (tertiary/aromatic N) is 1. The van der Waals surface area contributed by atoms with E-state index >= 15 is 0 Å². The van der Waals surface area contributed by atoms with Gasteiger partial charge in [0.2, 0.25) is 5.91 Å². The first-order chi connectivity index (χ1) is 24.8. The van der Waals surface area contributed by atoms with Crippen LogP contribution in [0.3, 0.4) is 0 Å². The summed E-state index contributed by atoms with van der Waals surface area (Å²) in [5.41, 5.74) is 5.30. The zero-order valence-electron chi connectivity index (χ0n) is 30.1. The molecule has 3 aromatic carbocycles. The van der Waals surface area contributed by atoms with Gasteiger partial charge >= 0.3 is 0 Å². The van der Waals surface area contributed by atoms with E-state index in [1.807, 2.05) is 93.6 Å². The molecule has 8 nitrogen and oxygen atoms in total. The predicted molar refractivity (Wildman–Crippen MR) is 206 cm³/mol. The van der Waals surface area contributed by atoms with Crippen LogP contribution in [-0.2, 0) is 32.2 Å². The zero-order valence-corrected chi connectivity index (χ0v) is 32.4. The molecule has 0 radical (unpaired) electrons. The number of piperidine rings is 1. The lowest BCUT2D eigenvalue weighted by Gasteiger charge is -2.50. The van der Waals surface area contributed by atoms with Crippen molar-refractivity contribution in [1.29, 1.82) is 0 Å². The second-order valence-electron chi connectivity index (χ2n) is 15.5. The summed E-state index contributed by atoms with van der Waals surface area (Å²) in [5, 5.41) is 15.6. The van der Waals surface area contributed by atoms with Crippen molar-refractivity contribution in [2.45, 2.75) is 119 Å². The molecule has 0 spiro atoms. The molecule has 1 aliphatic carbocycles. The molecule has 3 aliphatic rings. The number of benzene rings is 3. The van der Waals surface area contributed by atoms with Crippen LogP contribution in [0.5, 0.6) is 0 Å². The van der Waals surface area contributed by atoms with Gasteiger partial charge in [-0.1, -0.05) is 114 Å². The largest absolute Gasteiger partial charge is 0.392 e. The highest BCUT2D eigenvalue weighted by Crippen LogP contribution is 2.42. The highest BCUT2D eigenvalue weighted by molar-refractivity contribution is 6.76. The Bertz CT molecular complexity index is 1670. The van der Waals surface area contributed by atoms with Crippen molar-refractivity contribution in [2.75, 3.05) is 6.54 Å². The van der Waals surface area contributed by atoms with Gasteiger partial charge in [0, 0.05) is 36.7 Å². The third kappa shape index (κ3) is 9.89. The number of carbonyl (C=O) groups excluding carboxylic acids is 2. The molecular formula is C41H50Cl3N3O5. The summed E-state index contributed by atoms with van der Waals surface area (Å²) in [5.74, 6) is 0.0218. The van der Waals surface area contributed by atoms with Crippen LogP contribution in [0.1, 0.15) is 100 Å². The number of hydrogen-bond donors (Lipinski definition) is 3. The summed E-state index contributed by atoms with van der Waals surface area (Å²) in [7, 11) is 0. The van der Waals surface area contributed by atoms with Crippen molar-refractivity contribution in [3.05, 3.63) is 95.1 Å². The van der Waals surface area contributed by atoms with Crippen molar-refractivity contribution < 1.29 is 24.2 Å². The fraction of sp³-hybridized carbons (Fsp3) is 0.512. The molecule has 1 saturated carbocycles. The predicted octanol–water partition coefficient (Wildman–Crippen LogP) is 8.32. The molecule has 52 heavy (non-hydrogen) atoms. The van der Waals surface area contributed by atoms with Gasteiger partial charge in [0.05, 0.1) is 24.9 Å². The Morgan fingerprint density at radius 2 is 1.56 bits per heavy atom. The number of likely N-dealkylation sites (tertiary alicyclic amines) is 1. The fourth-order valence-electron chi connectivity index (χ4n) is 7.97. The van der Waals surface area contributed by atoms with Crippen molar-refractivity contribution in [3.63, 3.8) is 0 Å². The summed E-state index contributed by atoms with van der Waals surface area (Å²) in [4.78, 5) is 28.3. The molecule has 6 rings (SSSR count). The van der Waals surface area contributed by atoms with E-state index in [0.717, 1.165) is 52.6 Å². The molecule has 2 heterocycles. The van der Waals surface area contributed by atoms with Crippen LogP contribution in [0.2, 0.25) is 0 Å². The zero-order chi connectivity index (χ0) is 37.0. The second-order valence-corrected chi connectivity index (χ2v) is 17.8. The van der Waals surface area contributed by atoms with E-state index < -0.39 is 16.0 Å². The number of aliphatic hydroxyl groups is 1. The van der Waals surface area contributed by atoms with E-state index in [4.69, 9.17) is 44.3 Å². The van der Waals surface area contributed by atoms with Crippen LogP contribution in [-0.4, -0.2) is 55.9 Å². The van der Waals surface area contributed by atoms with E-state index in [9.17, 15) is 14.7 Å². The molecule has 6 atom stereocenters. The Labute approximate surface area is 322 Å². The van der Waals surface area contributed by atoms with E-state index in [0.29, 0.717) is 24.9 Å². The van der Waals surface area contributed by atoms with E-state index in [1.54, 1.807) is 0 Å². The fourth-order valence-corrected chi connectivity index (χ4v) is 8.17. The first-order valence-corrected chi connectivity index (χ1v) is 19.5. The number of aliphatic hydroxyl groups excluding tert-OH is 1. The maximum Gasteiger partial charge on any atom is 0.272 e. The molecule has 2 aliphatic heterocycles. The number of nitrogens with one attached hydrogen (secondary N) is 2. The first-order valence-electron chi connectivity index (χ1n) is 18.4. The van der Waals surface area contributed by atoms with Gasteiger partial charge in [-0.3, -0.25) is 14.5 Å². The number of ether oxygens (including phenoxy) is 2. The minimum absolute atomic E-state index is 0.0193. The van der Waals surface area contributed by atoms with Crippen molar-refractivity contribution in [2.24, 2.45) is 5.92 Å². The Morgan fingerprint density at radius 1 is 0.846 bits per heavy atom. The number of alkyl halides is 3. The van der Waals surface area contributed by atoms with Crippen LogP contribution < -0.4 is 10.6 Å². The van der Waals surface area contributed by atoms with Crippen LogP contribution in [0.15, 0.2) is 72.8 Å². The van der Waals surface area contributed by atoms with E-state index in [2.05, 4.69) is 15.5 Å². The third-order valence-electron chi connectivity index (χ3n) is 10.5. The molecule has 2 saturated heterocycles. The normalized spacial score (nSPS) is 25.6. The van der Waals surface area contributed by atoms with Gasteiger partial charge in [-0.2, -0.15) is 0 Å². The average molecular weight is 771 g/mol. The number of amides is 2. The lowest BCUT2D eigenvalue weighted by Crippen LogP contribution is -2.61. The van der Waals surface area contributed by atoms with Gasteiger partial charge in [0.1, 0.15) is 0 Å². The molecule has 280 valence electrons. The average Bonchev–Trinajstić information content (AvgIpc) is 3.13. The number of fused-ring (bicyclic) bond motifs is 1. The van der Waals surface area contributed by atoms with Gasteiger partial charge < -0.3 is 25.2 Å². The monoisotopic (exact) mass is 769 g/mol. The van der Waals surface area contributed by atoms with Gasteiger partial charge in [-0.15, -0.1) is 0 Å². The van der Waals surface area contributed by atoms with Crippen molar-refractivity contribution in [3.8, 4) is 11.1 Å². The van der Waals surface area contributed by atoms with E-state index in [-0.39, 0.29) is 42.8 Å². The molecule has 6 unspecified atom stereocenters. The number of rotatable bonds is 9. The number of carbonyl (C=O) groups is 2. The van der Waals surface area contributed by atoms with Crippen LogP contribution >= 0.6 is 34.8 Å². The molecule has 3 fully saturated rings. The maximum absolute atomic E-state index is 13.8. The topological polar surface area (TPSA) is 100 Å². The van der Waals surface area contributed by atoms with Crippen LogP contribution in [0, 0.1) is 5.92 Å². The summed E-state index contributed by atoms with van der Waals surface area (Å²) >= 11 is 17.1. The molecule has 3 N–H and O–H groups in total. The molecule has 0 aromatic heterocycles. The SMILES string of the molecule is CC(C)(C)NC(=O)C1CCC2CCCCC2N1CC1CC(c2ccc(CO)cc2)OC(c2ccc(-c3cccc(CNC(=O)C(Cl)(Cl)Cl)c3)cc2)O1. The smallest absolute Gasteiger partial charge is 0.272 e. The van der Waals surface area contributed by atoms with Crippen molar-refractivity contribution >= 4 is 46.6 Å². The minimum atomic E-state index is -2.02. The molecule has 3 aromatic rings. The first kappa shape index (κ1) is 39.0. The quantitative estimate of drug-likeness (QED) is 0.190. The van der Waals surface area contributed by atoms with Crippen LogP contribution in [0.4, 0.5) is 0 Å². The minimum Gasteiger partial charge on any atom is -0.392 e. The Morgan fingerprint density at radius 3 is 2.25 bits per heavy atom. The summed E-state index contributed by atoms with van der Waals surface area (Å²) < 4.78 is 11.5. The highest BCUT2D eigenvalue weighted by Gasteiger charge is 2.44. The summed E-state index contributed by atoms with van der Waals surface area (Å²) in [6, 6.07) is 24.1. The maximum atomic E-state index is 13.8. The van der Waals surface area contributed by atoms with Gasteiger partial charge in [0.25, 0.3) is 9.70 Å². The number of hydrogen-bond acceptors (Lipinski definition) is 6. The summed E-state index contributed by atoms with van der Waals surface area (Å²) in [6.07, 6.45) is 6.31. The van der Waals surface area contributed by atoms with Crippen LogP contribution in [0.25, 0.3) is 11.1 Å². The van der Waals surface area contributed by atoms with Gasteiger partial charge in [-0.25, -0.2) is 0 Å². The molecule has 11 heteroatoms.